The lowest BCUT2D eigenvalue weighted by Crippen LogP contribution is -2.25. The molecule has 1 aromatic heterocycles. The number of rotatable bonds is 0. The molecule has 0 aromatic carbocycles. The van der Waals surface area contributed by atoms with Crippen LogP contribution in [0.2, 0.25) is 0 Å². The van der Waals surface area contributed by atoms with Gasteiger partial charge in [0, 0.05) is 13.2 Å². The Morgan fingerprint density at radius 3 is 2.86 bits per heavy atom. The topological polar surface area (TPSA) is 74.1 Å². The summed E-state index contributed by atoms with van der Waals surface area (Å²) in [6.07, 6.45) is 1.33. The van der Waals surface area contributed by atoms with E-state index in [1.807, 2.05) is 6.07 Å². The number of amides is 1. The van der Waals surface area contributed by atoms with Crippen LogP contribution in [0.15, 0.2) is 12.3 Å². The molecular weight excluding hydrogens is 182 g/mol. The number of likely N-dealkylation sites (N-methyl/N-ethyl adjacent to an activating group) is 1. The molecule has 0 saturated heterocycles. The number of pyridine rings is 1. The highest BCUT2D eigenvalue weighted by molar-refractivity contribution is 6.51. The molecule has 2 heterocycles. The summed E-state index contributed by atoms with van der Waals surface area (Å²) in [5, 5.41) is 8.59. The number of carbonyl (C=O) groups excluding carboxylic acids is 2. The van der Waals surface area contributed by atoms with Crippen LogP contribution >= 0.6 is 0 Å². The maximum atomic E-state index is 11.3. The molecule has 0 bridgehead atoms. The molecule has 5 heteroatoms. The van der Waals surface area contributed by atoms with Gasteiger partial charge in [0.15, 0.2) is 0 Å². The third-order valence-electron chi connectivity index (χ3n) is 2.06. The Labute approximate surface area is 79.6 Å². The molecule has 1 amide bonds. The molecule has 68 valence electrons. The maximum Gasteiger partial charge on any atom is 0.300 e. The van der Waals surface area contributed by atoms with Crippen LogP contribution in [-0.4, -0.2) is 23.7 Å². The van der Waals surface area contributed by atoms with Crippen LogP contribution < -0.4 is 4.90 Å². The van der Waals surface area contributed by atoms with E-state index in [1.165, 1.54) is 24.2 Å². The summed E-state index contributed by atoms with van der Waals surface area (Å²) >= 11 is 0. The molecule has 1 aliphatic rings. The zero-order valence-electron chi connectivity index (χ0n) is 7.31. The summed E-state index contributed by atoms with van der Waals surface area (Å²) in [5.74, 6) is -0.895. The van der Waals surface area contributed by atoms with Crippen molar-refractivity contribution in [3.05, 3.63) is 23.4 Å². The van der Waals surface area contributed by atoms with E-state index in [-0.39, 0.29) is 11.1 Å². The Morgan fingerprint density at radius 2 is 2.21 bits per heavy atom. The molecule has 0 unspecified atom stereocenters. The van der Waals surface area contributed by atoms with Crippen LogP contribution in [0, 0.1) is 11.3 Å². The van der Waals surface area contributed by atoms with Crippen LogP contribution in [0.25, 0.3) is 0 Å². The fourth-order valence-corrected chi connectivity index (χ4v) is 1.32. The zero-order valence-corrected chi connectivity index (χ0v) is 7.31. The fourth-order valence-electron chi connectivity index (χ4n) is 1.32. The molecule has 0 saturated carbocycles. The number of hydrogen-bond acceptors (Lipinski definition) is 4. The number of aromatic nitrogens is 1. The second-order valence-electron chi connectivity index (χ2n) is 2.90. The molecule has 0 N–H and O–H groups in total. The predicted octanol–water partition coefficient (Wildman–Crippen LogP) is 0.112. The Hall–Kier alpha value is -2.22. The van der Waals surface area contributed by atoms with Crippen LogP contribution in [-0.2, 0) is 4.79 Å². The van der Waals surface area contributed by atoms with Crippen molar-refractivity contribution in [2.75, 3.05) is 11.9 Å². The van der Waals surface area contributed by atoms with Gasteiger partial charge < -0.3 is 0 Å². The van der Waals surface area contributed by atoms with E-state index in [0.717, 1.165) is 0 Å². The van der Waals surface area contributed by atoms with E-state index in [2.05, 4.69) is 4.98 Å². The standard InChI is InChI=1S/C9H5N3O2/c1-12-8-6(7(13)9(12)14)2-5(3-10)4-11-8/h2,4H,1H3. The number of fused-ring (bicyclic) bond motifs is 1. The van der Waals surface area contributed by atoms with Gasteiger partial charge in [0.1, 0.15) is 11.9 Å². The van der Waals surface area contributed by atoms with Crippen LogP contribution in [0.4, 0.5) is 5.82 Å². The van der Waals surface area contributed by atoms with Gasteiger partial charge in [-0.25, -0.2) is 4.98 Å². The first kappa shape index (κ1) is 8.38. The van der Waals surface area contributed by atoms with E-state index >= 15 is 0 Å². The van der Waals surface area contributed by atoms with Crippen molar-refractivity contribution in [1.29, 1.82) is 5.26 Å². The maximum absolute atomic E-state index is 11.3. The molecule has 5 nitrogen and oxygen atoms in total. The van der Waals surface area contributed by atoms with Crippen molar-refractivity contribution < 1.29 is 9.59 Å². The average molecular weight is 187 g/mol. The van der Waals surface area contributed by atoms with Crippen LogP contribution in [0.5, 0.6) is 0 Å². The van der Waals surface area contributed by atoms with Gasteiger partial charge in [0.05, 0.1) is 11.1 Å². The SMILES string of the molecule is CN1C(=O)C(=O)c2cc(C#N)cnc21. The number of nitrogens with zero attached hydrogens (tertiary/aromatic N) is 3. The van der Waals surface area contributed by atoms with Crippen molar-refractivity contribution in [3.63, 3.8) is 0 Å². The highest BCUT2D eigenvalue weighted by atomic mass is 16.2. The van der Waals surface area contributed by atoms with Gasteiger partial charge in [-0.2, -0.15) is 5.26 Å². The lowest BCUT2D eigenvalue weighted by molar-refractivity contribution is -0.114. The van der Waals surface area contributed by atoms with Crippen molar-refractivity contribution in [1.82, 2.24) is 4.98 Å². The predicted molar refractivity (Wildman–Crippen MR) is 46.7 cm³/mol. The van der Waals surface area contributed by atoms with Gasteiger partial charge in [-0.3, -0.25) is 14.5 Å². The summed E-state index contributed by atoms with van der Waals surface area (Å²) < 4.78 is 0. The van der Waals surface area contributed by atoms with Crippen molar-refractivity contribution in [3.8, 4) is 6.07 Å². The second-order valence-corrected chi connectivity index (χ2v) is 2.90. The van der Waals surface area contributed by atoms with E-state index < -0.39 is 11.7 Å². The normalized spacial score (nSPS) is 14.1. The Kier molecular flexibility index (Phi) is 1.58. The first-order valence-corrected chi connectivity index (χ1v) is 3.87. The van der Waals surface area contributed by atoms with E-state index in [0.29, 0.717) is 5.82 Å². The highest BCUT2D eigenvalue weighted by Gasteiger charge is 2.34. The monoisotopic (exact) mass is 187 g/mol. The number of nitriles is 1. The lowest BCUT2D eigenvalue weighted by Gasteiger charge is -2.05. The van der Waals surface area contributed by atoms with Gasteiger partial charge in [-0.15, -0.1) is 0 Å². The highest BCUT2D eigenvalue weighted by Crippen LogP contribution is 2.25. The smallest absolute Gasteiger partial charge is 0.292 e. The molecule has 1 aromatic rings. The van der Waals surface area contributed by atoms with E-state index in [9.17, 15) is 9.59 Å². The first-order chi connectivity index (χ1) is 6.65. The molecule has 0 radical (unpaired) electrons. The van der Waals surface area contributed by atoms with E-state index in [1.54, 1.807) is 0 Å². The molecule has 2 rings (SSSR count). The third kappa shape index (κ3) is 0.910. The summed E-state index contributed by atoms with van der Waals surface area (Å²) in [7, 11) is 1.48. The Morgan fingerprint density at radius 1 is 1.50 bits per heavy atom. The summed E-state index contributed by atoms with van der Waals surface area (Å²) in [6, 6.07) is 3.24. The molecule has 0 fully saturated rings. The van der Waals surface area contributed by atoms with E-state index in [4.69, 9.17) is 5.26 Å². The van der Waals surface area contributed by atoms with Crippen molar-refractivity contribution in [2.24, 2.45) is 0 Å². The van der Waals surface area contributed by atoms with Crippen LogP contribution in [0.3, 0.4) is 0 Å². The molecular formula is C9H5N3O2. The van der Waals surface area contributed by atoms with Gasteiger partial charge in [0.25, 0.3) is 11.7 Å². The first-order valence-electron chi connectivity index (χ1n) is 3.87. The minimum Gasteiger partial charge on any atom is -0.292 e. The molecule has 0 aliphatic carbocycles. The quantitative estimate of drug-likeness (QED) is 0.540. The third-order valence-corrected chi connectivity index (χ3v) is 2.06. The second kappa shape index (κ2) is 2.64. The number of hydrogen-bond donors (Lipinski definition) is 0. The fraction of sp³-hybridized carbons (Fsp3) is 0.111. The Bertz CT molecular complexity index is 487. The number of ketones is 1. The minimum absolute atomic E-state index is 0.205. The lowest BCUT2D eigenvalue weighted by atomic mass is 10.1. The number of Topliss-reactive ketones (excluding diaryl/α,β-unsaturated/α-hetero) is 1. The molecule has 0 atom stereocenters. The number of carbonyl (C=O) groups is 2. The minimum atomic E-state index is -0.609. The van der Waals surface area contributed by atoms with Gasteiger partial charge in [-0.1, -0.05) is 0 Å². The van der Waals surface area contributed by atoms with Crippen molar-refractivity contribution in [2.45, 2.75) is 0 Å². The van der Waals surface area contributed by atoms with Gasteiger partial charge in [-0.05, 0) is 6.07 Å². The molecule has 14 heavy (non-hydrogen) atoms. The van der Waals surface area contributed by atoms with Crippen molar-refractivity contribution >= 4 is 17.5 Å². The zero-order chi connectivity index (χ0) is 10.3. The largest absolute Gasteiger partial charge is 0.300 e. The average Bonchev–Trinajstić information content (AvgIpc) is 2.44. The molecule has 0 spiro atoms. The van der Waals surface area contributed by atoms with Crippen LogP contribution in [0.1, 0.15) is 15.9 Å². The summed E-state index contributed by atoms with van der Waals surface area (Å²) in [6.45, 7) is 0. The van der Waals surface area contributed by atoms with Gasteiger partial charge >= 0.3 is 0 Å². The summed E-state index contributed by atoms with van der Waals surface area (Å²) in [4.78, 5) is 27.6. The van der Waals surface area contributed by atoms with Gasteiger partial charge in [0.2, 0.25) is 0 Å². The Balaban J connectivity index is 2.66. The molecule has 1 aliphatic heterocycles. The summed E-state index contributed by atoms with van der Waals surface area (Å²) in [5.41, 5.74) is 0.483. The number of anilines is 1.